The van der Waals surface area contributed by atoms with Gasteiger partial charge >= 0.3 is 34.4 Å². The number of aromatic nitrogens is 16. The molecule has 0 bridgehead atoms. The maximum atomic E-state index is 13.3. The van der Waals surface area contributed by atoms with Gasteiger partial charge in [0.05, 0.1) is 51.7 Å². The quantitative estimate of drug-likeness (QED) is 0.0153. The molecule has 0 unspecified atom stereocenters. The number of ether oxygens (including phenoxy) is 3. The number of hydroxylamine groups is 1. The highest BCUT2D eigenvalue weighted by Gasteiger charge is 2.44. The average Bonchev–Trinajstić information content (AvgIpc) is 1.64. The number of esters is 3. The second-order valence-electron chi connectivity index (χ2n) is 21.0. The predicted octanol–water partition coefficient (Wildman–Crippen LogP) is 7.61. The number of fused-ring (bicyclic) bond motifs is 4. The topological polar surface area (TPSA) is 418 Å². The van der Waals surface area contributed by atoms with Crippen molar-refractivity contribution in [2.45, 2.75) is 119 Å². The van der Waals surface area contributed by atoms with Crippen LogP contribution in [0, 0.1) is 29.6 Å². The van der Waals surface area contributed by atoms with Crippen molar-refractivity contribution in [1.82, 2.24) is 84.0 Å². The number of nitrogens with two attached hydrogens (primary N) is 4. The van der Waals surface area contributed by atoms with E-state index in [0.29, 0.717) is 82.5 Å². The van der Waals surface area contributed by atoms with Crippen molar-refractivity contribution in [2.24, 2.45) is 29.6 Å². The number of methoxy groups -OCH3 is 3. The number of rotatable bonds is 7. The number of nitrogen functional groups attached to an aromatic ring is 4. The largest absolute Gasteiger partial charge is 0.469 e. The summed E-state index contributed by atoms with van der Waals surface area (Å²) in [6.07, 6.45) is 6.55. The summed E-state index contributed by atoms with van der Waals surface area (Å²) in [5, 5.41) is 8.67. The minimum atomic E-state index is -4.69. The number of anilines is 4. The highest BCUT2D eigenvalue weighted by Crippen LogP contribution is 2.44. The molecule has 0 radical (unpaired) electrons. The molecule has 4 aliphatic carbocycles. The lowest BCUT2D eigenvalue weighted by Crippen LogP contribution is -2.26. The maximum absolute atomic E-state index is 13.3. The normalized spacial score (nSPS) is 21.3. The zero-order valence-corrected chi connectivity index (χ0v) is 50.3. The van der Waals surface area contributed by atoms with Crippen LogP contribution >= 0.6 is 22.6 Å². The summed E-state index contributed by atoms with van der Waals surface area (Å²) in [6, 6.07) is -0.952. The van der Waals surface area contributed by atoms with E-state index in [1.807, 2.05) is 4.57 Å². The standard InChI is InChI=1S/C13H14F3N5O2.C12H13F3N6O2.C12H15N5O2.C8H14O2.C5H5N5.CF3I/c1-23-11(22)6-2-3-7(4-6)21-10-8(9(17)18-5-19-10)20-12(21)13(14,15)16;13-12(14,15)11-19-7-8(16)17-4-18-9(7)21(11)6-2-1-5(3-6)10(22)20-23;1-19-12(18)7-2-3-8(4-7)17-6-16-9-10(13)14-5-15-11(9)17;1-6-3-4-7(5-6)8(9)10-2;6-4-3-5(9-1-7-3)10-2-8-4;2-1(3,4)5/h5-7H,2-4H2,1H3,(H2,17,18,19);4-6,23H,1-3H2,(H,20,22)(H2,16,17,18);5-8H,2-4H2,1H3,(H2,13,14,15);6-7H,3-5H2,1-2H3;1-2H,(H3,6,7,8,9,10);/t6-,7-;5-,6-;7-,8-;6-,7+;;/m1110../s1. The van der Waals surface area contributed by atoms with Crippen LogP contribution in [0.2, 0.25) is 0 Å². The van der Waals surface area contributed by atoms with Gasteiger partial charge < -0.3 is 55.8 Å². The van der Waals surface area contributed by atoms with E-state index in [0.717, 1.165) is 59.5 Å². The SMILES string of the molecule is COC(=O)[C@@H]1CC[C@@H](n2c(C(F)(F)F)nc3c(N)ncnc32)C1.COC(=O)[C@@H]1CC[C@@H](n2cnc3c(N)ncnc32)C1.COC(=O)[C@@H]1CC[C@H](C)C1.FC(F)(F)I.Nc1ncnc2c1nc(C(F)(F)F)n2[C@@H]1CC[C@@H](C(=O)NO)C1.Nc1ncnc2nc[nH]c12. The van der Waals surface area contributed by atoms with Crippen LogP contribution in [0.5, 0.6) is 0 Å². The maximum Gasteiger partial charge on any atom is 0.449 e. The molecule has 1 amide bonds. The number of carbonyl (C=O) groups excluding carboxylic acids is 4. The number of aromatic amines is 1. The molecule has 4 aliphatic rings. The van der Waals surface area contributed by atoms with Gasteiger partial charge in [0, 0.05) is 46.6 Å². The average molecular weight is 1390 g/mol. The molecular weight excluding hydrogens is 1330 g/mol. The number of hydrogen-bond acceptors (Lipinski definition) is 24. The second kappa shape index (κ2) is 29.3. The van der Waals surface area contributed by atoms with Crippen LogP contribution in [0.15, 0.2) is 38.0 Å². The lowest BCUT2D eigenvalue weighted by Gasteiger charge is -2.17. The third-order valence-electron chi connectivity index (χ3n) is 15.3. The fraction of sp³-hybridized carbons (Fsp3) is 0.529. The smallest absolute Gasteiger partial charge is 0.449 e. The van der Waals surface area contributed by atoms with E-state index in [1.54, 1.807) is 6.33 Å². The van der Waals surface area contributed by atoms with Crippen LogP contribution in [-0.2, 0) is 45.7 Å². The van der Waals surface area contributed by atoms with Crippen molar-refractivity contribution in [3.8, 4) is 0 Å². The highest BCUT2D eigenvalue weighted by atomic mass is 127. The van der Waals surface area contributed by atoms with Crippen LogP contribution < -0.4 is 28.4 Å². The van der Waals surface area contributed by atoms with E-state index in [9.17, 15) is 58.7 Å². The molecule has 488 valence electrons. The molecule has 4 saturated carbocycles. The first-order valence-corrected chi connectivity index (χ1v) is 28.4. The second-order valence-corrected chi connectivity index (χ2v) is 22.2. The van der Waals surface area contributed by atoms with Gasteiger partial charge in [-0.05, 0) is 83.0 Å². The van der Waals surface area contributed by atoms with Gasteiger partial charge in [0.2, 0.25) is 17.6 Å². The highest BCUT2D eigenvalue weighted by molar-refractivity contribution is 14.1. The number of halogens is 10. The number of H-pyrrole nitrogens is 1. The summed E-state index contributed by atoms with van der Waals surface area (Å²) in [5.74, 6) is -2.94. The minimum absolute atomic E-state index is 0.0140. The molecule has 8 aromatic heterocycles. The molecule has 0 aliphatic heterocycles. The third-order valence-corrected chi connectivity index (χ3v) is 15.3. The number of nitrogens with one attached hydrogen (secondary N) is 2. The summed E-state index contributed by atoms with van der Waals surface area (Å²) in [6.45, 7) is 2.18. The first-order chi connectivity index (χ1) is 42.5. The Morgan fingerprint density at radius 1 is 0.544 bits per heavy atom. The molecule has 0 spiro atoms. The van der Waals surface area contributed by atoms with Crippen LogP contribution in [0.25, 0.3) is 44.7 Å². The molecule has 0 aromatic carbocycles. The number of imidazole rings is 4. The first kappa shape index (κ1) is 68.8. The molecule has 4 fully saturated rings. The fourth-order valence-corrected chi connectivity index (χ4v) is 11.1. The zero-order chi connectivity index (χ0) is 66.0. The summed E-state index contributed by atoms with van der Waals surface area (Å²) < 4.78 is 125. The molecule has 8 heterocycles. The Kier molecular flexibility index (Phi) is 22.4. The summed E-state index contributed by atoms with van der Waals surface area (Å²) in [4.78, 5) is 94.6. The van der Waals surface area contributed by atoms with Crippen LogP contribution in [-0.4, -0.2) is 133 Å². The van der Waals surface area contributed by atoms with Crippen LogP contribution in [0.1, 0.15) is 114 Å². The molecule has 39 heteroatoms. The van der Waals surface area contributed by atoms with E-state index in [4.69, 9.17) is 32.9 Å². The van der Waals surface area contributed by atoms with Gasteiger partial charge in [-0.15, -0.1) is 0 Å². The van der Waals surface area contributed by atoms with Gasteiger partial charge in [0.1, 0.15) is 36.3 Å². The van der Waals surface area contributed by atoms with E-state index >= 15 is 0 Å². The molecule has 29 nitrogen and oxygen atoms in total. The Labute approximate surface area is 516 Å². The van der Waals surface area contributed by atoms with Crippen LogP contribution in [0.3, 0.4) is 0 Å². The Morgan fingerprint density at radius 2 is 0.944 bits per heavy atom. The summed E-state index contributed by atoms with van der Waals surface area (Å²) in [5.41, 5.74) is 26.4. The molecule has 8 atom stereocenters. The van der Waals surface area contributed by atoms with E-state index in [2.05, 4.69) is 81.2 Å². The number of nitrogens with zero attached hydrogens (tertiary/aromatic N) is 15. The molecule has 0 saturated heterocycles. The van der Waals surface area contributed by atoms with Crippen molar-refractivity contribution < 1.29 is 78.1 Å². The zero-order valence-electron chi connectivity index (χ0n) is 48.2. The monoisotopic (exact) mass is 1390 g/mol. The lowest BCUT2D eigenvalue weighted by molar-refractivity contribution is -0.148. The molecule has 12 rings (SSSR count). The molecule has 90 heavy (non-hydrogen) atoms. The molecule has 8 aromatic rings. The van der Waals surface area contributed by atoms with E-state index in [1.165, 1.54) is 52.2 Å². The van der Waals surface area contributed by atoms with Crippen LogP contribution in [0.4, 0.5) is 62.8 Å². The van der Waals surface area contributed by atoms with Gasteiger partial charge in [-0.3, -0.25) is 24.4 Å². The van der Waals surface area contributed by atoms with Gasteiger partial charge in [0.15, 0.2) is 56.9 Å². The van der Waals surface area contributed by atoms with Crippen molar-refractivity contribution in [3.05, 3.63) is 49.6 Å². The number of hydrogen-bond donors (Lipinski definition) is 7. The minimum Gasteiger partial charge on any atom is -0.469 e. The summed E-state index contributed by atoms with van der Waals surface area (Å²) in [7, 11) is 4.15. The number of carbonyl (C=O) groups is 4. The van der Waals surface area contributed by atoms with Gasteiger partial charge in [-0.2, -0.15) is 39.5 Å². The number of amides is 1. The predicted molar refractivity (Wildman–Crippen MR) is 307 cm³/mol. The van der Waals surface area contributed by atoms with Crippen molar-refractivity contribution in [2.75, 3.05) is 44.3 Å². The van der Waals surface area contributed by atoms with Crippen molar-refractivity contribution in [1.29, 1.82) is 0 Å². The Morgan fingerprint density at radius 3 is 1.39 bits per heavy atom. The number of alkyl halides is 10. The lowest BCUT2D eigenvalue weighted by atomic mass is 10.1. The Hall–Kier alpha value is -8.66. The third kappa shape index (κ3) is 16.8. The molecular formula is C51H61F9IN21O8. The molecule has 11 N–H and O–H groups in total. The first-order valence-electron chi connectivity index (χ1n) is 27.3. The Balaban J connectivity index is 0.000000162. The van der Waals surface area contributed by atoms with Gasteiger partial charge in [0.25, 0.3) is 0 Å². The van der Waals surface area contributed by atoms with E-state index < -0.39 is 64.0 Å². The van der Waals surface area contributed by atoms with Gasteiger partial charge in [-0.1, -0.05) is 6.92 Å². The van der Waals surface area contributed by atoms with Gasteiger partial charge in [-0.25, -0.2) is 65.3 Å². The summed E-state index contributed by atoms with van der Waals surface area (Å²) >= 11 is 0.378. The van der Waals surface area contributed by atoms with Crippen molar-refractivity contribution in [3.63, 3.8) is 0 Å². The van der Waals surface area contributed by atoms with E-state index in [-0.39, 0.29) is 76.6 Å². The van der Waals surface area contributed by atoms with Crippen molar-refractivity contribution >= 4 is 114 Å². The Bertz CT molecular complexity index is 3650. The fourth-order valence-electron chi connectivity index (χ4n) is 11.1.